The molecule has 0 saturated heterocycles. The summed E-state index contributed by atoms with van der Waals surface area (Å²) in [7, 11) is 0. The van der Waals surface area contributed by atoms with E-state index in [1.54, 1.807) is 18.3 Å². The zero-order valence-corrected chi connectivity index (χ0v) is 23.7. The second kappa shape index (κ2) is 12.5. The van der Waals surface area contributed by atoms with Gasteiger partial charge in [-0.1, -0.05) is 40.2 Å². The molecular formula is C32H28BrN3O4. The van der Waals surface area contributed by atoms with Gasteiger partial charge in [0.1, 0.15) is 30.5 Å². The highest BCUT2D eigenvalue weighted by atomic mass is 79.9. The Morgan fingerprint density at radius 3 is 2.35 bits per heavy atom. The fourth-order valence-electron chi connectivity index (χ4n) is 4.15. The van der Waals surface area contributed by atoms with Gasteiger partial charge in [0.2, 0.25) is 0 Å². The van der Waals surface area contributed by atoms with E-state index in [2.05, 4.69) is 57.0 Å². The quantitative estimate of drug-likeness (QED) is 0.135. The molecule has 1 amide bonds. The first-order valence-electron chi connectivity index (χ1n) is 12.7. The summed E-state index contributed by atoms with van der Waals surface area (Å²) in [6, 6.07) is 30.8. The number of amides is 1. The summed E-state index contributed by atoms with van der Waals surface area (Å²) in [5.41, 5.74) is 7.77. The van der Waals surface area contributed by atoms with Crippen LogP contribution in [0.25, 0.3) is 5.69 Å². The number of hydrogen-bond donors (Lipinski definition) is 1. The Bertz CT molecular complexity index is 1600. The van der Waals surface area contributed by atoms with Crippen LogP contribution >= 0.6 is 15.9 Å². The van der Waals surface area contributed by atoms with Crippen LogP contribution in [-0.4, -0.2) is 16.7 Å². The minimum atomic E-state index is -0.452. The number of ether oxygens (including phenoxy) is 2. The van der Waals surface area contributed by atoms with Gasteiger partial charge in [0, 0.05) is 21.5 Å². The van der Waals surface area contributed by atoms with Gasteiger partial charge in [0.25, 0.3) is 0 Å². The molecule has 5 aromatic rings. The molecule has 2 heterocycles. The van der Waals surface area contributed by atoms with Gasteiger partial charge in [-0.3, -0.25) is 4.79 Å². The normalized spacial score (nSPS) is 11.1. The third-order valence-corrected chi connectivity index (χ3v) is 6.72. The van der Waals surface area contributed by atoms with E-state index in [1.807, 2.05) is 72.8 Å². The highest BCUT2D eigenvalue weighted by molar-refractivity contribution is 9.10. The van der Waals surface area contributed by atoms with E-state index in [-0.39, 0.29) is 12.4 Å². The number of nitrogens with one attached hydrogen (secondary N) is 1. The first-order valence-corrected chi connectivity index (χ1v) is 13.5. The van der Waals surface area contributed by atoms with Crippen LogP contribution in [0.3, 0.4) is 0 Å². The van der Waals surface area contributed by atoms with Crippen LogP contribution in [-0.2, 0) is 13.2 Å². The Balaban J connectivity index is 1.10. The van der Waals surface area contributed by atoms with Gasteiger partial charge >= 0.3 is 5.91 Å². The molecule has 0 spiro atoms. The average molecular weight is 598 g/mol. The molecule has 202 valence electrons. The monoisotopic (exact) mass is 597 g/mol. The fourth-order valence-corrected chi connectivity index (χ4v) is 4.42. The minimum Gasteiger partial charge on any atom is -0.489 e. The highest BCUT2D eigenvalue weighted by Crippen LogP contribution is 2.21. The molecule has 0 aliphatic carbocycles. The van der Waals surface area contributed by atoms with E-state index < -0.39 is 5.91 Å². The van der Waals surface area contributed by atoms with Crippen LogP contribution in [0.4, 0.5) is 0 Å². The van der Waals surface area contributed by atoms with Gasteiger partial charge in [0.05, 0.1) is 6.21 Å². The number of nitrogens with zero attached hydrogens (tertiary/aromatic N) is 2. The van der Waals surface area contributed by atoms with Crippen molar-refractivity contribution in [2.45, 2.75) is 27.1 Å². The number of halogens is 1. The number of hydrazone groups is 1. The van der Waals surface area contributed by atoms with Crippen molar-refractivity contribution in [3.63, 3.8) is 0 Å². The topological polar surface area (TPSA) is 78.0 Å². The molecule has 0 bridgehead atoms. The predicted octanol–water partition coefficient (Wildman–Crippen LogP) is 7.37. The third kappa shape index (κ3) is 6.90. The van der Waals surface area contributed by atoms with Gasteiger partial charge in [0.15, 0.2) is 5.76 Å². The maximum absolute atomic E-state index is 12.5. The summed E-state index contributed by atoms with van der Waals surface area (Å²) in [5, 5.41) is 4.05. The van der Waals surface area contributed by atoms with Crippen LogP contribution in [0.15, 0.2) is 111 Å². The first kappa shape index (κ1) is 27.0. The summed E-state index contributed by atoms with van der Waals surface area (Å²) in [6.07, 6.45) is 1.55. The average Bonchev–Trinajstić information content (AvgIpc) is 3.58. The van der Waals surface area contributed by atoms with Crippen LogP contribution in [0, 0.1) is 13.8 Å². The van der Waals surface area contributed by atoms with Crippen molar-refractivity contribution in [1.29, 1.82) is 0 Å². The lowest BCUT2D eigenvalue weighted by atomic mass is 10.2. The third-order valence-electron chi connectivity index (χ3n) is 6.19. The summed E-state index contributed by atoms with van der Waals surface area (Å²) in [5.74, 6) is 1.65. The highest BCUT2D eigenvalue weighted by Gasteiger charge is 2.11. The van der Waals surface area contributed by atoms with Crippen molar-refractivity contribution in [1.82, 2.24) is 9.99 Å². The molecule has 0 radical (unpaired) electrons. The molecule has 8 heteroatoms. The number of hydrogen-bond acceptors (Lipinski definition) is 5. The number of aryl methyl sites for hydroxylation is 2. The molecule has 0 aliphatic heterocycles. The van der Waals surface area contributed by atoms with Crippen LogP contribution in [0.5, 0.6) is 11.5 Å². The second-order valence-electron chi connectivity index (χ2n) is 9.19. The number of benzene rings is 3. The van der Waals surface area contributed by atoms with E-state index in [4.69, 9.17) is 13.9 Å². The van der Waals surface area contributed by atoms with E-state index in [1.165, 1.54) is 11.4 Å². The van der Waals surface area contributed by atoms with Crippen LogP contribution in [0.2, 0.25) is 0 Å². The molecule has 1 N–H and O–H groups in total. The molecule has 0 aliphatic rings. The maximum atomic E-state index is 12.5. The molecule has 0 saturated carbocycles. The van der Waals surface area contributed by atoms with E-state index in [9.17, 15) is 4.79 Å². The van der Waals surface area contributed by atoms with Crippen LogP contribution < -0.4 is 14.9 Å². The van der Waals surface area contributed by atoms with Crippen molar-refractivity contribution in [3.05, 3.63) is 136 Å². The lowest BCUT2D eigenvalue weighted by Crippen LogP contribution is -2.16. The van der Waals surface area contributed by atoms with E-state index in [0.717, 1.165) is 21.3 Å². The van der Waals surface area contributed by atoms with Gasteiger partial charge in [-0.05, 0) is 97.8 Å². The molecular weight excluding hydrogens is 570 g/mol. The molecule has 2 aromatic heterocycles. The maximum Gasteiger partial charge on any atom is 0.307 e. The molecule has 40 heavy (non-hydrogen) atoms. The predicted molar refractivity (Wildman–Crippen MR) is 158 cm³/mol. The SMILES string of the molecule is Cc1ccc(C)n1-c1ccc(OCc2ccc(C(=O)N/N=C/c3cccc(OCc4ccc(Br)cc4)c3)o2)cc1. The van der Waals surface area contributed by atoms with Crippen molar-refractivity contribution in [2.24, 2.45) is 5.10 Å². The van der Waals surface area contributed by atoms with E-state index in [0.29, 0.717) is 23.9 Å². The second-order valence-corrected chi connectivity index (χ2v) is 10.1. The van der Waals surface area contributed by atoms with E-state index >= 15 is 0 Å². The number of rotatable bonds is 10. The standard InChI is InChI=1S/C32H28BrN3O4/c1-22-6-7-23(2)36(22)27-12-14-28(15-13-27)39-21-30-16-17-31(40-30)32(37)35-34-19-25-4-3-5-29(18-25)38-20-24-8-10-26(33)11-9-24/h3-19H,20-21H2,1-2H3,(H,35,37)/b34-19+. The first-order chi connectivity index (χ1) is 19.4. The Hall–Kier alpha value is -4.56. The Labute approximate surface area is 241 Å². The van der Waals surface area contributed by atoms with Crippen molar-refractivity contribution in [3.8, 4) is 17.2 Å². The Kier molecular flexibility index (Phi) is 8.47. The molecule has 0 fully saturated rings. The van der Waals surface area contributed by atoms with Crippen molar-refractivity contribution in [2.75, 3.05) is 0 Å². The Morgan fingerprint density at radius 1 is 0.875 bits per heavy atom. The zero-order valence-electron chi connectivity index (χ0n) is 22.1. The van der Waals surface area contributed by atoms with Crippen molar-refractivity contribution >= 4 is 28.1 Å². The van der Waals surface area contributed by atoms with Crippen molar-refractivity contribution < 1.29 is 18.7 Å². The number of aromatic nitrogens is 1. The van der Waals surface area contributed by atoms with Gasteiger partial charge < -0.3 is 18.5 Å². The lowest BCUT2D eigenvalue weighted by molar-refractivity contribution is 0.0923. The van der Waals surface area contributed by atoms with Gasteiger partial charge in [-0.15, -0.1) is 0 Å². The van der Waals surface area contributed by atoms with Gasteiger partial charge in [-0.2, -0.15) is 5.10 Å². The summed E-state index contributed by atoms with van der Waals surface area (Å²) in [4.78, 5) is 12.5. The summed E-state index contributed by atoms with van der Waals surface area (Å²) in [6.45, 7) is 4.80. The number of carbonyl (C=O) groups is 1. The summed E-state index contributed by atoms with van der Waals surface area (Å²) < 4.78 is 20.6. The van der Waals surface area contributed by atoms with Crippen LogP contribution in [0.1, 0.15) is 38.8 Å². The molecule has 7 nitrogen and oxygen atoms in total. The number of carbonyl (C=O) groups excluding carboxylic acids is 1. The largest absolute Gasteiger partial charge is 0.489 e. The number of furan rings is 1. The zero-order chi connectivity index (χ0) is 27.9. The molecule has 0 atom stereocenters. The molecule has 5 rings (SSSR count). The smallest absolute Gasteiger partial charge is 0.307 e. The lowest BCUT2D eigenvalue weighted by Gasteiger charge is -2.10. The Morgan fingerprint density at radius 2 is 1.60 bits per heavy atom. The molecule has 0 unspecified atom stereocenters. The summed E-state index contributed by atoms with van der Waals surface area (Å²) >= 11 is 3.43. The molecule has 3 aromatic carbocycles. The minimum absolute atomic E-state index is 0.149. The fraction of sp³-hybridized carbons (Fsp3) is 0.125. The van der Waals surface area contributed by atoms with Gasteiger partial charge in [-0.25, -0.2) is 5.43 Å².